The number of hydrogen-bond donors (Lipinski definition) is 1. The quantitative estimate of drug-likeness (QED) is 0.891. The van der Waals surface area contributed by atoms with Gasteiger partial charge in [-0.1, -0.05) is 38.1 Å². The Hall–Kier alpha value is -2.10. The molecule has 0 atom stereocenters. The van der Waals surface area contributed by atoms with Crippen molar-refractivity contribution in [1.29, 1.82) is 0 Å². The van der Waals surface area contributed by atoms with Crippen LogP contribution in [0.5, 0.6) is 0 Å². The molecule has 4 rings (SSSR count). The van der Waals surface area contributed by atoms with E-state index < -0.39 is 0 Å². The van der Waals surface area contributed by atoms with Crippen molar-refractivity contribution < 1.29 is 0 Å². The second-order valence-corrected chi connectivity index (χ2v) is 8.39. The Balaban J connectivity index is 1.73. The Bertz CT molecular complexity index is 777. The number of fused-ring (bicyclic) bond motifs is 1. The molecule has 0 radical (unpaired) electrons. The average molecular weight is 336 g/mol. The summed E-state index contributed by atoms with van der Waals surface area (Å²) < 4.78 is 0. The van der Waals surface area contributed by atoms with Crippen LogP contribution in [0.3, 0.4) is 0 Å². The molecule has 4 heteroatoms. The largest absolute Gasteiger partial charge is 0.367 e. The van der Waals surface area contributed by atoms with E-state index in [2.05, 4.69) is 68.2 Å². The summed E-state index contributed by atoms with van der Waals surface area (Å²) in [5, 5.41) is 3.56. The predicted octanol–water partition coefficient (Wildman–Crippen LogP) is 4.52. The maximum absolute atomic E-state index is 4.93. The van der Waals surface area contributed by atoms with Gasteiger partial charge in [-0.15, -0.1) is 0 Å². The molecule has 2 heterocycles. The van der Waals surface area contributed by atoms with Crippen molar-refractivity contribution in [1.82, 2.24) is 9.97 Å². The Morgan fingerprint density at radius 1 is 1.12 bits per heavy atom. The third-order valence-corrected chi connectivity index (χ3v) is 5.25. The van der Waals surface area contributed by atoms with E-state index in [1.165, 1.54) is 24.0 Å². The van der Waals surface area contributed by atoms with Crippen molar-refractivity contribution in [2.24, 2.45) is 0 Å². The van der Waals surface area contributed by atoms with Gasteiger partial charge in [-0.2, -0.15) is 0 Å². The van der Waals surface area contributed by atoms with Crippen LogP contribution < -0.4 is 10.2 Å². The lowest BCUT2D eigenvalue weighted by molar-refractivity contribution is 0.426. The average Bonchev–Trinajstić information content (AvgIpc) is 3.37. The summed E-state index contributed by atoms with van der Waals surface area (Å²) in [6.45, 7) is 9.86. The second-order valence-electron chi connectivity index (χ2n) is 8.39. The van der Waals surface area contributed by atoms with Crippen molar-refractivity contribution in [2.45, 2.75) is 71.0 Å². The zero-order valence-corrected chi connectivity index (χ0v) is 15.7. The fourth-order valence-electron chi connectivity index (χ4n) is 3.58. The molecule has 2 aliphatic rings. The number of rotatable bonds is 4. The van der Waals surface area contributed by atoms with Crippen molar-refractivity contribution in [3.8, 4) is 0 Å². The van der Waals surface area contributed by atoms with Crippen LogP contribution in [0.25, 0.3) is 0 Å². The first kappa shape index (κ1) is 16.4. The molecule has 1 N–H and O–H groups in total. The summed E-state index contributed by atoms with van der Waals surface area (Å²) in [4.78, 5) is 12.1. The minimum atomic E-state index is 0.0355. The molecular formula is C21H28N4. The van der Waals surface area contributed by atoms with E-state index in [-0.39, 0.29) is 5.54 Å². The number of hydrogen-bond acceptors (Lipinski definition) is 4. The van der Waals surface area contributed by atoms with Gasteiger partial charge < -0.3 is 10.2 Å². The lowest BCUT2D eigenvalue weighted by Crippen LogP contribution is -2.49. The van der Waals surface area contributed by atoms with Crippen molar-refractivity contribution >= 4 is 11.6 Å². The molecule has 132 valence electrons. The van der Waals surface area contributed by atoms with Gasteiger partial charge in [0.05, 0.1) is 0 Å². The summed E-state index contributed by atoms with van der Waals surface area (Å²) in [6, 6.07) is 11.5. The lowest BCUT2D eigenvalue weighted by Gasteiger charge is -2.44. The molecule has 1 aromatic heterocycles. The Morgan fingerprint density at radius 2 is 1.84 bits per heavy atom. The minimum Gasteiger partial charge on any atom is -0.367 e. The van der Waals surface area contributed by atoms with Crippen molar-refractivity contribution in [2.75, 3.05) is 10.2 Å². The molecule has 0 unspecified atom stereocenters. The van der Waals surface area contributed by atoms with Crippen molar-refractivity contribution in [3.63, 3.8) is 0 Å². The number of aromatic nitrogens is 2. The fraction of sp³-hybridized carbons (Fsp3) is 0.524. The van der Waals surface area contributed by atoms with E-state index in [0.29, 0.717) is 12.0 Å². The van der Waals surface area contributed by atoms with E-state index in [0.717, 1.165) is 30.4 Å². The van der Waals surface area contributed by atoms with Crippen LogP contribution in [0.1, 0.15) is 63.4 Å². The first-order valence-electron chi connectivity index (χ1n) is 9.42. The van der Waals surface area contributed by atoms with E-state index in [4.69, 9.17) is 9.97 Å². The molecule has 25 heavy (non-hydrogen) atoms. The van der Waals surface area contributed by atoms with Crippen LogP contribution in [0.4, 0.5) is 11.6 Å². The van der Waals surface area contributed by atoms with Gasteiger partial charge in [0.2, 0.25) is 0 Å². The highest BCUT2D eigenvalue weighted by Crippen LogP contribution is 2.35. The molecule has 2 aromatic rings. The molecule has 1 fully saturated rings. The van der Waals surface area contributed by atoms with E-state index in [9.17, 15) is 0 Å². The molecule has 0 saturated heterocycles. The highest BCUT2D eigenvalue weighted by Gasteiger charge is 2.34. The molecule has 1 aliphatic heterocycles. The van der Waals surface area contributed by atoms with Crippen LogP contribution in [-0.4, -0.2) is 21.5 Å². The first-order chi connectivity index (χ1) is 11.9. The third-order valence-electron chi connectivity index (χ3n) is 5.25. The van der Waals surface area contributed by atoms with Gasteiger partial charge >= 0.3 is 0 Å². The van der Waals surface area contributed by atoms with Gasteiger partial charge in [-0.05, 0) is 44.2 Å². The van der Waals surface area contributed by atoms with Gasteiger partial charge in [-0.25, -0.2) is 9.97 Å². The molecule has 0 amide bonds. The maximum Gasteiger partial charge on any atom is 0.135 e. The SMILES string of the molecule is CC(C)c1nc(NC2CC2)cc(N2Cc3ccccc3CC2(C)C)n1. The number of nitrogens with zero attached hydrogens (tertiary/aromatic N) is 3. The Kier molecular flexibility index (Phi) is 3.94. The van der Waals surface area contributed by atoms with E-state index in [1.54, 1.807) is 0 Å². The highest BCUT2D eigenvalue weighted by molar-refractivity contribution is 5.54. The molecule has 1 aromatic carbocycles. The minimum absolute atomic E-state index is 0.0355. The molecule has 0 spiro atoms. The smallest absolute Gasteiger partial charge is 0.135 e. The second kappa shape index (κ2) is 6.01. The van der Waals surface area contributed by atoms with Gasteiger partial charge in [0, 0.05) is 30.1 Å². The van der Waals surface area contributed by atoms with Crippen LogP contribution in [0.15, 0.2) is 30.3 Å². The van der Waals surface area contributed by atoms with Crippen LogP contribution in [0.2, 0.25) is 0 Å². The summed E-state index contributed by atoms with van der Waals surface area (Å²) >= 11 is 0. The zero-order chi connectivity index (χ0) is 17.6. The Labute approximate surface area is 150 Å². The number of anilines is 2. The van der Waals surface area contributed by atoms with Crippen molar-refractivity contribution in [3.05, 3.63) is 47.3 Å². The van der Waals surface area contributed by atoms with Crippen LogP contribution in [-0.2, 0) is 13.0 Å². The predicted molar refractivity (Wildman–Crippen MR) is 103 cm³/mol. The Morgan fingerprint density at radius 3 is 2.52 bits per heavy atom. The standard InChI is InChI=1S/C21H28N4/c1-14(2)20-23-18(22-17-9-10-17)11-19(24-20)25-13-16-8-6-5-7-15(16)12-21(25,3)4/h5-8,11,14,17H,9-10,12-13H2,1-4H3,(H,22,23,24). The lowest BCUT2D eigenvalue weighted by atomic mass is 9.85. The molecule has 4 nitrogen and oxygen atoms in total. The van der Waals surface area contributed by atoms with Gasteiger partial charge in [0.15, 0.2) is 0 Å². The summed E-state index contributed by atoms with van der Waals surface area (Å²) in [7, 11) is 0. The number of nitrogens with one attached hydrogen (secondary N) is 1. The topological polar surface area (TPSA) is 41.1 Å². The molecular weight excluding hydrogens is 308 g/mol. The van der Waals surface area contributed by atoms with Gasteiger partial charge in [0.1, 0.15) is 17.5 Å². The number of benzene rings is 1. The van der Waals surface area contributed by atoms with Gasteiger partial charge in [-0.3, -0.25) is 0 Å². The summed E-state index contributed by atoms with van der Waals surface area (Å²) in [6.07, 6.45) is 3.54. The highest BCUT2D eigenvalue weighted by atomic mass is 15.3. The zero-order valence-electron chi connectivity index (χ0n) is 15.7. The van der Waals surface area contributed by atoms with Crippen LogP contribution >= 0.6 is 0 Å². The van der Waals surface area contributed by atoms with Gasteiger partial charge in [0.25, 0.3) is 0 Å². The normalized spacial score (nSPS) is 19.0. The molecule has 1 aliphatic carbocycles. The summed E-state index contributed by atoms with van der Waals surface area (Å²) in [5.74, 6) is 3.27. The van der Waals surface area contributed by atoms with E-state index in [1.807, 2.05) is 0 Å². The maximum atomic E-state index is 4.93. The monoisotopic (exact) mass is 336 g/mol. The summed E-state index contributed by atoms with van der Waals surface area (Å²) in [5.41, 5.74) is 2.90. The molecule has 1 saturated carbocycles. The van der Waals surface area contributed by atoms with Crippen LogP contribution in [0, 0.1) is 0 Å². The van der Waals surface area contributed by atoms with E-state index >= 15 is 0 Å². The first-order valence-corrected chi connectivity index (χ1v) is 9.42. The third kappa shape index (κ3) is 3.35. The molecule has 0 bridgehead atoms. The fourth-order valence-corrected chi connectivity index (χ4v) is 3.58.